The van der Waals surface area contributed by atoms with E-state index in [0.717, 1.165) is 32.8 Å². The van der Waals surface area contributed by atoms with Crippen LogP contribution in [0.5, 0.6) is 0 Å². The molecule has 1 aliphatic rings. The first-order valence-electron chi connectivity index (χ1n) is 7.12. The highest BCUT2D eigenvalue weighted by Crippen LogP contribution is 2.35. The Balaban J connectivity index is 2.19. The van der Waals surface area contributed by atoms with Crippen LogP contribution in [0.15, 0.2) is 33.1 Å². The fraction of sp³-hybridized carbons (Fsp3) is 0.533. The van der Waals surface area contributed by atoms with E-state index in [1.165, 1.54) is 25.7 Å². The molecule has 1 aromatic rings. The first-order chi connectivity index (χ1) is 9.76. The third-order valence-corrected chi connectivity index (χ3v) is 5.83. The Hall–Kier alpha value is -0.810. The third kappa shape index (κ3) is 3.85. The van der Waals surface area contributed by atoms with Crippen LogP contribution in [0.25, 0.3) is 0 Å². The van der Waals surface area contributed by atoms with Crippen molar-refractivity contribution in [2.45, 2.75) is 42.4 Å². The molecule has 5 heteroatoms. The van der Waals surface area contributed by atoms with Gasteiger partial charge in [0.1, 0.15) is 0 Å². The molecule has 0 aliphatic heterocycles. The minimum Gasteiger partial charge on any atom is -0.409 e. The van der Waals surface area contributed by atoms with Gasteiger partial charge in [0.2, 0.25) is 0 Å². The molecule has 0 spiro atoms. The van der Waals surface area contributed by atoms with Crippen molar-refractivity contribution >= 4 is 29.4 Å². The van der Waals surface area contributed by atoms with Crippen LogP contribution in [0.1, 0.15) is 38.2 Å². The molecule has 0 radical (unpaired) electrons. The molecule has 110 valence electrons. The number of thioether (sulfide) groups is 2. The van der Waals surface area contributed by atoms with Crippen LogP contribution in [0.2, 0.25) is 0 Å². The van der Waals surface area contributed by atoms with Crippen molar-refractivity contribution in [1.82, 2.24) is 0 Å². The van der Waals surface area contributed by atoms with Gasteiger partial charge in [0.25, 0.3) is 0 Å². The topological polar surface area (TPSA) is 58.6 Å². The molecule has 1 aliphatic carbocycles. The molecular formula is C15H22N2OS2. The van der Waals surface area contributed by atoms with Crippen LogP contribution in [0, 0.1) is 5.92 Å². The van der Waals surface area contributed by atoms with Crippen LogP contribution < -0.4 is 5.73 Å². The van der Waals surface area contributed by atoms with Crippen molar-refractivity contribution in [1.29, 1.82) is 0 Å². The van der Waals surface area contributed by atoms with Crippen LogP contribution in [0.3, 0.4) is 0 Å². The molecule has 3 nitrogen and oxygen atoms in total. The maximum atomic E-state index is 9.03. The molecule has 2 rings (SSSR count). The van der Waals surface area contributed by atoms with Gasteiger partial charge in [0.05, 0.1) is 0 Å². The molecular weight excluding hydrogens is 288 g/mol. The predicted octanol–water partition coefficient (Wildman–Crippen LogP) is 4.18. The highest BCUT2D eigenvalue weighted by Gasteiger charge is 2.18. The summed E-state index contributed by atoms with van der Waals surface area (Å²) in [6, 6.07) is 6.18. The molecule has 0 heterocycles. The van der Waals surface area contributed by atoms with Gasteiger partial charge in [-0.05, 0) is 36.6 Å². The van der Waals surface area contributed by atoms with Gasteiger partial charge < -0.3 is 10.9 Å². The molecule has 1 fully saturated rings. The lowest BCUT2D eigenvalue weighted by molar-refractivity contribution is 0.318. The Morgan fingerprint density at radius 3 is 2.55 bits per heavy atom. The lowest BCUT2D eigenvalue weighted by Crippen LogP contribution is -2.16. The van der Waals surface area contributed by atoms with Crippen LogP contribution in [0.4, 0.5) is 0 Å². The van der Waals surface area contributed by atoms with Gasteiger partial charge >= 0.3 is 0 Å². The zero-order chi connectivity index (χ0) is 14.4. The van der Waals surface area contributed by atoms with E-state index in [1.54, 1.807) is 11.8 Å². The standard InChI is InChI=1S/C15H22N2OS2/c1-2-19-12-8-5-9-13(14(12)15(16)17-18)20-10-11-6-3-4-7-11/h5,8-9,11,18H,2-4,6-7,10H2,1H3,(H2,16,17). The number of hydrogen-bond donors (Lipinski definition) is 2. The van der Waals surface area contributed by atoms with Crippen molar-refractivity contribution in [2.75, 3.05) is 11.5 Å². The minimum atomic E-state index is 0.218. The maximum absolute atomic E-state index is 9.03. The van der Waals surface area contributed by atoms with E-state index in [1.807, 2.05) is 17.8 Å². The summed E-state index contributed by atoms with van der Waals surface area (Å²) in [6.07, 6.45) is 5.42. The average molecular weight is 310 g/mol. The number of nitrogens with zero attached hydrogens (tertiary/aromatic N) is 1. The second-order valence-electron chi connectivity index (χ2n) is 5.01. The Kier molecular flexibility index (Phi) is 6.10. The molecule has 0 saturated heterocycles. The van der Waals surface area contributed by atoms with Crippen LogP contribution in [-0.2, 0) is 0 Å². The number of rotatable bonds is 6. The van der Waals surface area contributed by atoms with Gasteiger partial charge in [-0.25, -0.2) is 0 Å². The van der Waals surface area contributed by atoms with Crippen molar-refractivity contribution in [3.8, 4) is 0 Å². The van der Waals surface area contributed by atoms with Gasteiger partial charge in [0.15, 0.2) is 5.84 Å². The highest BCUT2D eigenvalue weighted by atomic mass is 32.2. The molecule has 20 heavy (non-hydrogen) atoms. The second-order valence-corrected chi connectivity index (χ2v) is 7.38. The van der Waals surface area contributed by atoms with Gasteiger partial charge in [0, 0.05) is 21.1 Å². The van der Waals surface area contributed by atoms with E-state index in [2.05, 4.69) is 24.2 Å². The fourth-order valence-electron chi connectivity index (χ4n) is 2.59. The molecule has 0 amide bonds. The largest absolute Gasteiger partial charge is 0.409 e. The first kappa shape index (κ1) is 15.6. The van der Waals surface area contributed by atoms with Crippen molar-refractivity contribution in [2.24, 2.45) is 16.8 Å². The number of amidine groups is 1. The van der Waals surface area contributed by atoms with Crippen molar-refractivity contribution < 1.29 is 5.21 Å². The number of oxime groups is 1. The van der Waals surface area contributed by atoms with E-state index in [0.29, 0.717) is 0 Å². The fourth-order valence-corrected chi connectivity index (χ4v) is 4.79. The summed E-state index contributed by atoms with van der Waals surface area (Å²) in [4.78, 5) is 2.23. The lowest BCUT2D eigenvalue weighted by atomic mass is 10.1. The zero-order valence-corrected chi connectivity index (χ0v) is 13.5. The van der Waals surface area contributed by atoms with Gasteiger partial charge in [-0.2, -0.15) is 0 Å². The number of hydrogen-bond acceptors (Lipinski definition) is 4. The van der Waals surface area contributed by atoms with Gasteiger partial charge in [-0.15, -0.1) is 23.5 Å². The Morgan fingerprint density at radius 2 is 1.95 bits per heavy atom. The Bertz CT molecular complexity index is 471. The average Bonchev–Trinajstić information content (AvgIpc) is 2.98. The summed E-state index contributed by atoms with van der Waals surface area (Å²) < 4.78 is 0. The van der Waals surface area contributed by atoms with Gasteiger partial charge in [-0.1, -0.05) is 31.0 Å². The smallest absolute Gasteiger partial charge is 0.172 e. The zero-order valence-electron chi connectivity index (χ0n) is 11.8. The van der Waals surface area contributed by atoms with Crippen molar-refractivity contribution in [3.05, 3.63) is 23.8 Å². The summed E-state index contributed by atoms with van der Waals surface area (Å²) in [6.45, 7) is 2.11. The maximum Gasteiger partial charge on any atom is 0.172 e. The molecule has 1 aromatic carbocycles. The molecule has 1 saturated carbocycles. The molecule has 0 atom stereocenters. The van der Waals surface area contributed by atoms with E-state index in [4.69, 9.17) is 10.9 Å². The van der Waals surface area contributed by atoms with Crippen molar-refractivity contribution in [3.63, 3.8) is 0 Å². The highest BCUT2D eigenvalue weighted by molar-refractivity contribution is 8.00. The predicted molar refractivity (Wildman–Crippen MR) is 88.0 cm³/mol. The molecule has 0 aromatic heterocycles. The SMILES string of the molecule is CCSc1cccc(SCC2CCCC2)c1/C(N)=N/O. The Labute approximate surface area is 129 Å². The van der Waals surface area contributed by atoms with E-state index >= 15 is 0 Å². The normalized spacial score (nSPS) is 16.8. The summed E-state index contributed by atoms with van der Waals surface area (Å²) in [7, 11) is 0. The first-order valence-corrected chi connectivity index (χ1v) is 9.09. The summed E-state index contributed by atoms with van der Waals surface area (Å²) in [5.41, 5.74) is 6.78. The van der Waals surface area contributed by atoms with Gasteiger partial charge in [-0.3, -0.25) is 0 Å². The van der Waals surface area contributed by atoms with E-state index in [-0.39, 0.29) is 5.84 Å². The molecule has 0 unspecified atom stereocenters. The Morgan fingerprint density at radius 1 is 1.30 bits per heavy atom. The van der Waals surface area contributed by atoms with Crippen LogP contribution >= 0.6 is 23.5 Å². The summed E-state index contributed by atoms with van der Waals surface area (Å²) in [5, 5.41) is 12.2. The lowest BCUT2D eigenvalue weighted by Gasteiger charge is -2.14. The van der Waals surface area contributed by atoms with E-state index < -0.39 is 0 Å². The number of nitrogens with two attached hydrogens (primary N) is 1. The monoisotopic (exact) mass is 310 g/mol. The van der Waals surface area contributed by atoms with E-state index in [9.17, 15) is 0 Å². The second kappa shape index (κ2) is 7.84. The molecule has 3 N–H and O–H groups in total. The quantitative estimate of drug-likeness (QED) is 0.272. The van der Waals surface area contributed by atoms with Crippen LogP contribution in [-0.4, -0.2) is 22.5 Å². The summed E-state index contributed by atoms with van der Waals surface area (Å²) in [5.74, 6) is 3.15. The third-order valence-electron chi connectivity index (χ3n) is 3.60. The molecule has 0 bridgehead atoms. The number of benzene rings is 1. The minimum absolute atomic E-state index is 0.218. The summed E-state index contributed by atoms with van der Waals surface area (Å²) >= 11 is 3.58.